The summed E-state index contributed by atoms with van der Waals surface area (Å²) in [7, 11) is 1.60. The van der Waals surface area contributed by atoms with Crippen molar-refractivity contribution in [3.63, 3.8) is 0 Å². The van der Waals surface area contributed by atoms with Gasteiger partial charge in [0.15, 0.2) is 0 Å². The second kappa shape index (κ2) is 6.60. The lowest BCUT2D eigenvalue weighted by atomic mass is 9.91. The summed E-state index contributed by atoms with van der Waals surface area (Å²) in [5, 5.41) is 0. The van der Waals surface area contributed by atoms with Crippen molar-refractivity contribution in [3.05, 3.63) is 24.3 Å². The molecule has 2 rings (SSSR count). The van der Waals surface area contributed by atoms with Crippen LogP contribution < -0.4 is 9.64 Å². The minimum absolute atomic E-state index is 0.0450. The van der Waals surface area contributed by atoms with E-state index in [2.05, 4.69) is 0 Å². The number of hydrogen-bond acceptors (Lipinski definition) is 3. The zero-order valence-corrected chi connectivity index (χ0v) is 14.6. The molecule has 0 N–H and O–H groups in total. The second-order valence-electron chi connectivity index (χ2n) is 7.19. The average Bonchev–Trinajstić information content (AvgIpc) is 2.48. The first kappa shape index (κ1) is 17.3. The molecule has 0 saturated carbocycles. The summed E-state index contributed by atoms with van der Waals surface area (Å²) in [6, 6.07) is 7.01. The maximum atomic E-state index is 12.7. The van der Waals surface area contributed by atoms with Gasteiger partial charge in [-0.1, -0.05) is 26.8 Å². The Labute approximate surface area is 138 Å². The van der Waals surface area contributed by atoms with Crippen LogP contribution in [0.5, 0.6) is 5.75 Å². The number of nitrogens with zero attached hydrogens (tertiary/aromatic N) is 2. The van der Waals surface area contributed by atoms with Crippen molar-refractivity contribution in [1.82, 2.24) is 4.90 Å². The molecular weight excluding hydrogens is 292 g/mol. The average molecular weight is 318 g/mol. The molecule has 2 amide bonds. The van der Waals surface area contributed by atoms with Crippen molar-refractivity contribution >= 4 is 17.5 Å². The fraction of sp³-hybridized carbons (Fsp3) is 0.556. The van der Waals surface area contributed by atoms with Crippen LogP contribution in [0.4, 0.5) is 5.69 Å². The molecular formula is C18H26N2O3. The highest BCUT2D eigenvalue weighted by atomic mass is 16.5. The molecule has 5 heteroatoms. The predicted octanol–water partition coefficient (Wildman–Crippen LogP) is 2.70. The van der Waals surface area contributed by atoms with Crippen LogP contribution in [0.25, 0.3) is 0 Å². The Bertz CT molecular complexity index is 592. The number of rotatable bonds is 3. The van der Waals surface area contributed by atoms with Gasteiger partial charge in [-0.3, -0.25) is 9.59 Å². The van der Waals surface area contributed by atoms with Crippen LogP contribution in [0.2, 0.25) is 0 Å². The Morgan fingerprint density at radius 2 is 2.00 bits per heavy atom. The maximum absolute atomic E-state index is 12.7. The minimum Gasteiger partial charge on any atom is -0.497 e. The molecule has 1 aliphatic rings. The Balaban J connectivity index is 2.13. The minimum atomic E-state index is -0.440. The zero-order chi connectivity index (χ0) is 17.2. The molecule has 1 fully saturated rings. The monoisotopic (exact) mass is 318 g/mol. The summed E-state index contributed by atoms with van der Waals surface area (Å²) in [5.74, 6) is 0.713. The molecule has 5 nitrogen and oxygen atoms in total. The number of carbonyl (C=O) groups is 2. The van der Waals surface area contributed by atoms with Crippen molar-refractivity contribution in [2.24, 2.45) is 5.41 Å². The maximum Gasteiger partial charge on any atom is 0.249 e. The summed E-state index contributed by atoms with van der Waals surface area (Å²) in [4.78, 5) is 28.6. The highest BCUT2D eigenvalue weighted by Gasteiger charge is 2.35. The van der Waals surface area contributed by atoms with E-state index in [1.54, 1.807) is 23.8 Å². The standard InChI is InChI=1S/C18H26N2O3/c1-13-17(22)20(14-7-6-8-15(11-14)23-5)10-9-19(13)16(21)12-18(2,3)4/h6-8,11,13H,9-10,12H2,1-5H3/t13-/m1/s1. The Morgan fingerprint density at radius 3 is 2.61 bits per heavy atom. The summed E-state index contributed by atoms with van der Waals surface area (Å²) in [5.41, 5.74) is 0.730. The normalized spacial score (nSPS) is 19.0. The molecule has 0 aromatic heterocycles. The van der Waals surface area contributed by atoms with E-state index < -0.39 is 6.04 Å². The molecule has 1 heterocycles. The van der Waals surface area contributed by atoms with Gasteiger partial charge in [0, 0.05) is 31.3 Å². The number of carbonyl (C=O) groups excluding carboxylic acids is 2. The van der Waals surface area contributed by atoms with Gasteiger partial charge < -0.3 is 14.5 Å². The van der Waals surface area contributed by atoms with E-state index in [1.165, 1.54) is 0 Å². The molecule has 1 atom stereocenters. The van der Waals surface area contributed by atoms with E-state index in [0.717, 1.165) is 5.69 Å². The number of hydrogen-bond donors (Lipinski definition) is 0. The second-order valence-corrected chi connectivity index (χ2v) is 7.19. The lowest BCUT2D eigenvalue weighted by molar-refractivity contribution is -0.142. The van der Waals surface area contributed by atoms with Gasteiger partial charge in [-0.05, 0) is 24.5 Å². The number of ether oxygens (including phenoxy) is 1. The van der Waals surface area contributed by atoms with Gasteiger partial charge in [0.05, 0.1) is 7.11 Å². The van der Waals surface area contributed by atoms with Crippen LogP contribution in [0, 0.1) is 5.41 Å². The molecule has 1 aliphatic heterocycles. The third-order valence-electron chi connectivity index (χ3n) is 4.02. The Hall–Kier alpha value is -2.04. The number of methoxy groups -OCH3 is 1. The first-order chi connectivity index (χ1) is 10.7. The van der Waals surface area contributed by atoms with Crippen LogP contribution in [-0.4, -0.2) is 43.0 Å². The Kier molecular flexibility index (Phi) is 4.97. The first-order valence-corrected chi connectivity index (χ1v) is 7.98. The van der Waals surface area contributed by atoms with E-state index in [9.17, 15) is 9.59 Å². The van der Waals surface area contributed by atoms with Gasteiger partial charge in [0.25, 0.3) is 0 Å². The number of anilines is 1. The van der Waals surface area contributed by atoms with E-state index in [1.807, 2.05) is 45.0 Å². The summed E-state index contributed by atoms with van der Waals surface area (Å²) >= 11 is 0. The van der Waals surface area contributed by atoms with Crippen LogP contribution in [0.3, 0.4) is 0 Å². The molecule has 0 radical (unpaired) electrons. The molecule has 1 aromatic carbocycles. The predicted molar refractivity (Wildman–Crippen MR) is 90.6 cm³/mol. The van der Waals surface area contributed by atoms with Crippen molar-refractivity contribution in [2.75, 3.05) is 25.1 Å². The molecule has 0 unspecified atom stereocenters. The molecule has 0 bridgehead atoms. The van der Waals surface area contributed by atoms with Gasteiger partial charge in [-0.25, -0.2) is 0 Å². The third kappa shape index (κ3) is 4.03. The topological polar surface area (TPSA) is 49.9 Å². The molecule has 1 saturated heterocycles. The summed E-state index contributed by atoms with van der Waals surface area (Å²) < 4.78 is 5.22. The fourth-order valence-corrected chi connectivity index (χ4v) is 2.80. The smallest absolute Gasteiger partial charge is 0.249 e. The van der Waals surface area contributed by atoms with E-state index in [0.29, 0.717) is 25.3 Å². The Morgan fingerprint density at radius 1 is 1.30 bits per heavy atom. The molecule has 126 valence electrons. The van der Waals surface area contributed by atoms with Crippen LogP contribution in [0.1, 0.15) is 34.1 Å². The van der Waals surface area contributed by atoms with Gasteiger partial charge in [-0.15, -0.1) is 0 Å². The molecule has 23 heavy (non-hydrogen) atoms. The zero-order valence-electron chi connectivity index (χ0n) is 14.6. The van der Waals surface area contributed by atoms with Crippen molar-refractivity contribution < 1.29 is 14.3 Å². The highest BCUT2D eigenvalue weighted by Crippen LogP contribution is 2.26. The third-order valence-corrected chi connectivity index (χ3v) is 4.02. The van der Waals surface area contributed by atoms with Crippen molar-refractivity contribution in [2.45, 2.75) is 40.2 Å². The summed E-state index contributed by atoms with van der Waals surface area (Å²) in [6.07, 6.45) is 0.448. The van der Waals surface area contributed by atoms with Crippen LogP contribution in [0.15, 0.2) is 24.3 Å². The van der Waals surface area contributed by atoms with Gasteiger partial charge in [0.2, 0.25) is 11.8 Å². The highest BCUT2D eigenvalue weighted by molar-refractivity contribution is 6.00. The van der Waals surface area contributed by atoms with E-state index in [-0.39, 0.29) is 17.2 Å². The molecule has 0 aliphatic carbocycles. The summed E-state index contributed by atoms with van der Waals surface area (Å²) in [6.45, 7) is 8.96. The van der Waals surface area contributed by atoms with Gasteiger partial charge >= 0.3 is 0 Å². The van der Waals surface area contributed by atoms with E-state index in [4.69, 9.17) is 4.74 Å². The SMILES string of the molecule is COc1cccc(N2CCN(C(=O)CC(C)(C)C)[C@H](C)C2=O)c1. The van der Waals surface area contributed by atoms with Crippen LogP contribution in [-0.2, 0) is 9.59 Å². The van der Waals surface area contributed by atoms with Crippen molar-refractivity contribution in [3.8, 4) is 5.75 Å². The van der Waals surface area contributed by atoms with Crippen molar-refractivity contribution in [1.29, 1.82) is 0 Å². The van der Waals surface area contributed by atoms with Gasteiger partial charge in [-0.2, -0.15) is 0 Å². The molecule has 0 spiro atoms. The fourth-order valence-electron chi connectivity index (χ4n) is 2.80. The number of benzene rings is 1. The van der Waals surface area contributed by atoms with Crippen LogP contribution >= 0.6 is 0 Å². The number of amides is 2. The van der Waals surface area contributed by atoms with E-state index >= 15 is 0 Å². The first-order valence-electron chi connectivity index (χ1n) is 7.98. The quantitative estimate of drug-likeness (QED) is 0.861. The lowest BCUT2D eigenvalue weighted by Crippen LogP contribution is -2.58. The number of piperazine rings is 1. The van der Waals surface area contributed by atoms with Gasteiger partial charge in [0.1, 0.15) is 11.8 Å². The largest absolute Gasteiger partial charge is 0.497 e. The molecule has 1 aromatic rings. The lowest BCUT2D eigenvalue weighted by Gasteiger charge is -2.40.